The first-order valence-electron chi connectivity index (χ1n) is 3.46. The lowest BCUT2D eigenvalue weighted by molar-refractivity contribution is 0.102. The molecule has 2 unspecified atom stereocenters. The lowest BCUT2D eigenvalue weighted by Crippen LogP contribution is -2.06. The predicted molar refractivity (Wildman–Crippen MR) is 39.3 cm³/mol. The van der Waals surface area contributed by atoms with Crippen molar-refractivity contribution in [2.45, 2.75) is 12.2 Å². The van der Waals surface area contributed by atoms with Gasteiger partial charge in [-0.2, -0.15) is 0 Å². The van der Waals surface area contributed by atoms with Crippen molar-refractivity contribution in [2.75, 3.05) is 26.4 Å². The van der Waals surface area contributed by atoms with Gasteiger partial charge in [-0.3, -0.25) is 4.57 Å². The Balaban J connectivity index is 0.000000281. The zero-order chi connectivity index (χ0) is 8.10. The molecule has 2 fully saturated rings. The third kappa shape index (κ3) is 4.43. The fraction of sp³-hybridized carbons (Fsp3) is 1.00. The summed E-state index contributed by atoms with van der Waals surface area (Å²) in [6.07, 6.45) is 0.785. The molecule has 0 spiro atoms. The second kappa shape index (κ2) is 4.78. The maximum Gasteiger partial charge on any atom is 0.138 e. The Labute approximate surface area is 67.4 Å². The zero-order valence-corrected chi connectivity index (χ0v) is 7.12. The SMILES string of the molecule is C(OCC1CO1)C1CO1.O=P. The Morgan fingerprint density at radius 1 is 1.18 bits per heavy atom. The molecule has 0 bridgehead atoms. The van der Waals surface area contributed by atoms with Gasteiger partial charge < -0.3 is 14.2 Å². The van der Waals surface area contributed by atoms with Crippen molar-refractivity contribution >= 4 is 9.12 Å². The van der Waals surface area contributed by atoms with Gasteiger partial charge in [0.15, 0.2) is 0 Å². The van der Waals surface area contributed by atoms with Crippen LogP contribution in [0.2, 0.25) is 0 Å². The van der Waals surface area contributed by atoms with Crippen molar-refractivity contribution < 1.29 is 18.8 Å². The fourth-order valence-corrected chi connectivity index (χ4v) is 0.659. The first-order valence-corrected chi connectivity index (χ1v) is 3.87. The van der Waals surface area contributed by atoms with Gasteiger partial charge in [-0.05, 0) is 0 Å². The standard InChI is InChI=1S/C6H10O3.HOP/c1(5-3-8-5)7-2-6-4-9-6;1-2/h5-6H,1-4H2;2H. The van der Waals surface area contributed by atoms with E-state index in [0.29, 0.717) is 12.2 Å². The van der Waals surface area contributed by atoms with Gasteiger partial charge in [0.05, 0.1) is 26.4 Å². The minimum atomic E-state index is 0.392. The summed E-state index contributed by atoms with van der Waals surface area (Å²) in [4.78, 5) is 0. The summed E-state index contributed by atoms with van der Waals surface area (Å²) in [7, 11) is 1.72. The molecule has 0 saturated carbocycles. The summed E-state index contributed by atoms with van der Waals surface area (Å²) in [5.74, 6) is 0. The first kappa shape index (κ1) is 9.07. The quantitative estimate of drug-likeness (QED) is 0.458. The van der Waals surface area contributed by atoms with Crippen LogP contribution in [0.5, 0.6) is 0 Å². The molecule has 2 heterocycles. The van der Waals surface area contributed by atoms with Crippen molar-refractivity contribution in [2.24, 2.45) is 0 Å². The molecular weight excluding hydrogens is 167 g/mol. The monoisotopic (exact) mass is 178 g/mol. The predicted octanol–water partition coefficient (Wildman–Crippen LogP) is 0.275. The molecule has 0 radical (unpaired) electrons. The van der Waals surface area contributed by atoms with Crippen LogP contribution in [-0.2, 0) is 18.8 Å². The van der Waals surface area contributed by atoms with E-state index in [-0.39, 0.29) is 0 Å². The highest BCUT2D eigenvalue weighted by Crippen LogP contribution is 2.12. The van der Waals surface area contributed by atoms with Gasteiger partial charge >= 0.3 is 0 Å². The highest BCUT2D eigenvalue weighted by molar-refractivity contribution is 7.00. The molecule has 0 aromatic rings. The molecule has 2 aliphatic heterocycles. The van der Waals surface area contributed by atoms with Crippen LogP contribution >= 0.6 is 9.12 Å². The van der Waals surface area contributed by atoms with Crippen LogP contribution in [0.3, 0.4) is 0 Å². The van der Waals surface area contributed by atoms with Crippen LogP contribution in [0, 0.1) is 0 Å². The molecule has 2 aliphatic rings. The minimum Gasteiger partial charge on any atom is -0.376 e. The number of ether oxygens (including phenoxy) is 3. The zero-order valence-electron chi connectivity index (χ0n) is 6.12. The van der Waals surface area contributed by atoms with Crippen LogP contribution in [0.25, 0.3) is 0 Å². The first-order chi connectivity index (χ1) is 5.45. The largest absolute Gasteiger partial charge is 0.376 e. The van der Waals surface area contributed by atoms with Gasteiger partial charge in [-0.15, -0.1) is 0 Å². The lowest BCUT2D eigenvalue weighted by Gasteiger charge is -1.95. The maximum atomic E-state index is 8.06. The molecule has 0 amide bonds. The molecule has 64 valence electrons. The van der Waals surface area contributed by atoms with E-state index in [0.717, 1.165) is 26.4 Å². The van der Waals surface area contributed by atoms with E-state index in [1.165, 1.54) is 0 Å². The molecule has 2 rings (SSSR count). The minimum absolute atomic E-state index is 0.392. The van der Waals surface area contributed by atoms with E-state index in [4.69, 9.17) is 18.8 Å². The summed E-state index contributed by atoms with van der Waals surface area (Å²) in [5.41, 5.74) is 0. The molecule has 0 aliphatic carbocycles. The highest BCUT2D eigenvalue weighted by Gasteiger charge is 2.26. The maximum absolute atomic E-state index is 8.06. The summed E-state index contributed by atoms with van der Waals surface area (Å²) in [5, 5.41) is 0. The summed E-state index contributed by atoms with van der Waals surface area (Å²) in [6, 6.07) is 0. The summed E-state index contributed by atoms with van der Waals surface area (Å²) in [6.45, 7) is 3.26. The van der Waals surface area contributed by atoms with Crippen molar-refractivity contribution in [1.82, 2.24) is 0 Å². The summed E-state index contributed by atoms with van der Waals surface area (Å²) >= 11 is 0. The fourth-order valence-electron chi connectivity index (χ4n) is 0.659. The average molecular weight is 178 g/mol. The van der Waals surface area contributed by atoms with Gasteiger partial charge in [0.25, 0.3) is 0 Å². The Kier molecular flexibility index (Phi) is 3.94. The van der Waals surface area contributed by atoms with Gasteiger partial charge in [0, 0.05) is 0 Å². The second-order valence-electron chi connectivity index (χ2n) is 2.45. The molecule has 0 N–H and O–H groups in total. The Morgan fingerprint density at radius 2 is 1.55 bits per heavy atom. The number of hydrogen-bond acceptors (Lipinski definition) is 4. The van der Waals surface area contributed by atoms with E-state index in [1.54, 1.807) is 9.12 Å². The van der Waals surface area contributed by atoms with Crippen molar-refractivity contribution in [1.29, 1.82) is 0 Å². The van der Waals surface area contributed by atoms with E-state index >= 15 is 0 Å². The Hall–Kier alpha value is -0.0200. The van der Waals surface area contributed by atoms with Crippen LogP contribution in [0.15, 0.2) is 0 Å². The van der Waals surface area contributed by atoms with Crippen LogP contribution < -0.4 is 0 Å². The van der Waals surface area contributed by atoms with Gasteiger partial charge in [0.1, 0.15) is 21.3 Å². The topological polar surface area (TPSA) is 51.4 Å². The molecule has 11 heavy (non-hydrogen) atoms. The van der Waals surface area contributed by atoms with E-state index in [9.17, 15) is 0 Å². The molecule has 0 aromatic heterocycles. The average Bonchev–Trinajstić information content (AvgIpc) is 2.86. The third-order valence-electron chi connectivity index (χ3n) is 1.41. The van der Waals surface area contributed by atoms with Gasteiger partial charge in [0.2, 0.25) is 0 Å². The third-order valence-corrected chi connectivity index (χ3v) is 1.41. The van der Waals surface area contributed by atoms with E-state index in [1.807, 2.05) is 0 Å². The van der Waals surface area contributed by atoms with E-state index < -0.39 is 0 Å². The number of rotatable bonds is 4. The highest BCUT2D eigenvalue weighted by atomic mass is 31.0. The molecule has 0 aromatic carbocycles. The van der Waals surface area contributed by atoms with Crippen molar-refractivity contribution in [3.8, 4) is 0 Å². The molecule has 2 atom stereocenters. The molecule has 5 heteroatoms. The lowest BCUT2D eigenvalue weighted by atomic mass is 10.5. The second-order valence-corrected chi connectivity index (χ2v) is 2.45. The number of hydrogen-bond donors (Lipinski definition) is 0. The van der Waals surface area contributed by atoms with Crippen LogP contribution in [0.1, 0.15) is 0 Å². The van der Waals surface area contributed by atoms with Gasteiger partial charge in [-0.25, -0.2) is 0 Å². The van der Waals surface area contributed by atoms with E-state index in [2.05, 4.69) is 0 Å². The molecule has 4 nitrogen and oxygen atoms in total. The smallest absolute Gasteiger partial charge is 0.138 e. The number of epoxide rings is 2. The van der Waals surface area contributed by atoms with Crippen molar-refractivity contribution in [3.05, 3.63) is 0 Å². The Morgan fingerprint density at radius 3 is 1.82 bits per heavy atom. The van der Waals surface area contributed by atoms with Crippen LogP contribution in [-0.4, -0.2) is 38.6 Å². The summed E-state index contributed by atoms with van der Waals surface area (Å²) < 4.78 is 23.2. The normalized spacial score (nSPS) is 32.0. The van der Waals surface area contributed by atoms with Crippen molar-refractivity contribution in [3.63, 3.8) is 0 Å². The van der Waals surface area contributed by atoms with Gasteiger partial charge in [-0.1, -0.05) is 0 Å². The van der Waals surface area contributed by atoms with Crippen LogP contribution in [0.4, 0.5) is 0 Å². The Bertz CT molecular complexity index is 101. The molecule has 2 saturated heterocycles. The molecular formula is C6H11O4P.